The van der Waals surface area contributed by atoms with Gasteiger partial charge in [0.1, 0.15) is 24.4 Å². The maximum atomic E-state index is 12.9. The number of carbonyl (C=O) groups excluding carboxylic acids is 1. The molecule has 6 N–H and O–H groups in total. The number of rotatable bonds is 9. The molecule has 2 heterocycles. The third-order valence-electron chi connectivity index (χ3n) is 6.45. The number of alkyl halides is 1. The van der Waals surface area contributed by atoms with Gasteiger partial charge >= 0.3 is 0 Å². The number of hydrogen-bond donors (Lipinski definition) is 6. The molecule has 9 heteroatoms. The highest BCUT2D eigenvalue weighted by Gasteiger charge is 2.47. The zero-order valence-corrected chi connectivity index (χ0v) is 18.0. The topological polar surface area (TPSA) is 131 Å². The Morgan fingerprint density at radius 3 is 2.53 bits per heavy atom. The summed E-state index contributed by atoms with van der Waals surface area (Å²) in [6, 6.07) is -1.37. The predicted molar refractivity (Wildman–Crippen MR) is 110 cm³/mol. The molecule has 0 aromatic carbocycles. The second-order valence-corrected chi connectivity index (χ2v) is 8.72. The molecule has 30 heavy (non-hydrogen) atoms. The van der Waals surface area contributed by atoms with Crippen molar-refractivity contribution >= 4 is 5.91 Å². The van der Waals surface area contributed by atoms with Crippen LogP contribution in [-0.2, 0) is 9.53 Å². The van der Waals surface area contributed by atoms with Crippen LogP contribution >= 0.6 is 0 Å². The van der Waals surface area contributed by atoms with Crippen LogP contribution in [0.25, 0.3) is 0 Å². The van der Waals surface area contributed by atoms with Gasteiger partial charge in [0.25, 0.3) is 0 Å². The Morgan fingerprint density at radius 2 is 1.90 bits per heavy atom. The van der Waals surface area contributed by atoms with Gasteiger partial charge in [-0.3, -0.25) is 9.18 Å². The first-order valence-electron chi connectivity index (χ1n) is 11.3. The zero-order chi connectivity index (χ0) is 22.3. The van der Waals surface area contributed by atoms with Crippen LogP contribution in [0, 0.1) is 5.92 Å². The van der Waals surface area contributed by atoms with E-state index in [1.165, 1.54) is 6.92 Å². The molecule has 1 amide bonds. The number of ether oxygens (including phenoxy) is 1. The van der Waals surface area contributed by atoms with Gasteiger partial charge in [-0.2, -0.15) is 0 Å². The van der Waals surface area contributed by atoms with E-state index in [0.717, 1.165) is 25.7 Å². The van der Waals surface area contributed by atoms with Crippen LogP contribution in [0.1, 0.15) is 58.8 Å². The normalized spacial score (nSPS) is 37.2. The highest BCUT2D eigenvalue weighted by Crippen LogP contribution is 2.27. The lowest BCUT2D eigenvalue weighted by Gasteiger charge is -2.44. The van der Waals surface area contributed by atoms with Crippen LogP contribution in [0.3, 0.4) is 0 Å². The van der Waals surface area contributed by atoms with Crippen LogP contribution < -0.4 is 10.6 Å². The third-order valence-corrected chi connectivity index (χ3v) is 6.45. The van der Waals surface area contributed by atoms with Crippen molar-refractivity contribution in [1.82, 2.24) is 10.6 Å². The molecule has 0 aromatic heterocycles. The molecule has 2 fully saturated rings. The van der Waals surface area contributed by atoms with E-state index in [4.69, 9.17) is 4.74 Å². The van der Waals surface area contributed by atoms with Crippen LogP contribution in [-0.4, -0.2) is 88.3 Å². The molecule has 2 saturated heterocycles. The van der Waals surface area contributed by atoms with Gasteiger partial charge in [0.15, 0.2) is 0 Å². The van der Waals surface area contributed by atoms with Crippen molar-refractivity contribution in [3.05, 3.63) is 0 Å². The summed E-state index contributed by atoms with van der Waals surface area (Å²) in [4.78, 5) is 12.9. The minimum atomic E-state index is -1.44. The summed E-state index contributed by atoms with van der Waals surface area (Å²) in [5.74, 6) is 0.162. The van der Waals surface area contributed by atoms with Crippen LogP contribution in [0.4, 0.5) is 4.39 Å². The van der Waals surface area contributed by atoms with E-state index in [1.807, 2.05) is 0 Å². The van der Waals surface area contributed by atoms with Crippen molar-refractivity contribution in [2.24, 2.45) is 5.92 Å². The number of aliphatic hydroxyl groups is 4. The van der Waals surface area contributed by atoms with Crippen molar-refractivity contribution in [2.75, 3.05) is 13.2 Å². The molecule has 8 nitrogen and oxygen atoms in total. The van der Waals surface area contributed by atoms with Gasteiger partial charge < -0.3 is 35.8 Å². The molecule has 3 unspecified atom stereocenters. The average molecular weight is 435 g/mol. The fourth-order valence-electron chi connectivity index (χ4n) is 4.51. The summed E-state index contributed by atoms with van der Waals surface area (Å²) in [6.07, 6.45) is -1.65. The van der Waals surface area contributed by atoms with Crippen molar-refractivity contribution in [3.8, 4) is 0 Å². The van der Waals surface area contributed by atoms with E-state index in [0.29, 0.717) is 31.7 Å². The van der Waals surface area contributed by atoms with Crippen LogP contribution in [0.2, 0.25) is 0 Å². The van der Waals surface area contributed by atoms with E-state index < -0.39 is 48.7 Å². The smallest absolute Gasteiger partial charge is 0.237 e. The first-order valence-corrected chi connectivity index (χ1v) is 11.3. The Bertz CT molecular complexity index is 524. The first kappa shape index (κ1) is 25.4. The van der Waals surface area contributed by atoms with Gasteiger partial charge in [0.2, 0.25) is 5.91 Å². The fraction of sp³-hybridized carbons (Fsp3) is 0.952. The van der Waals surface area contributed by atoms with E-state index in [9.17, 15) is 29.6 Å². The molecular formula is C21H39FN2O6. The molecular weight excluding hydrogens is 395 g/mol. The predicted octanol–water partition coefficient (Wildman–Crippen LogP) is 0.0102. The van der Waals surface area contributed by atoms with E-state index in [2.05, 4.69) is 10.6 Å². The lowest BCUT2D eigenvalue weighted by Crippen LogP contribution is -2.66. The average Bonchev–Trinajstić information content (AvgIpc) is 2.97. The quantitative estimate of drug-likeness (QED) is 0.282. The number of halogens is 1. The Morgan fingerprint density at radius 1 is 1.17 bits per heavy atom. The van der Waals surface area contributed by atoms with Gasteiger partial charge in [-0.15, -0.1) is 0 Å². The molecule has 2 rings (SSSR count). The van der Waals surface area contributed by atoms with Crippen molar-refractivity contribution in [2.45, 2.75) is 108 Å². The molecule has 2 aliphatic heterocycles. The van der Waals surface area contributed by atoms with Gasteiger partial charge in [0.05, 0.1) is 31.0 Å². The molecule has 2 aliphatic rings. The van der Waals surface area contributed by atoms with Gasteiger partial charge in [-0.25, -0.2) is 0 Å². The van der Waals surface area contributed by atoms with Crippen LogP contribution in [0.15, 0.2) is 0 Å². The molecule has 0 aromatic rings. The van der Waals surface area contributed by atoms with Crippen molar-refractivity contribution < 1.29 is 34.3 Å². The number of carbonyl (C=O) groups is 1. The Kier molecular flexibility index (Phi) is 10.4. The number of amides is 1. The number of aliphatic hydroxyl groups excluding tert-OH is 4. The highest BCUT2D eigenvalue weighted by molar-refractivity contribution is 5.82. The number of unbranched alkanes of at least 4 members (excludes halogenated alkanes) is 1. The largest absolute Gasteiger partial charge is 0.391 e. The Hall–Kier alpha value is -0.840. The van der Waals surface area contributed by atoms with Crippen LogP contribution in [0.5, 0.6) is 0 Å². The summed E-state index contributed by atoms with van der Waals surface area (Å²) < 4.78 is 18.1. The first-order chi connectivity index (χ1) is 14.3. The molecule has 0 bridgehead atoms. The lowest BCUT2D eigenvalue weighted by molar-refractivity contribution is -0.233. The zero-order valence-electron chi connectivity index (χ0n) is 18.0. The summed E-state index contributed by atoms with van der Waals surface area (Å²) in [6.45, 7) is 3.66. The molecule has 9 atom stereocenters. The molecule has 0 radical (unpaired) electrons. The Balaban J connectivity index is 1.98. The minimum absolute atomic E-state index is 0.295. The monoisotopic (exact) mass is 434 g/mol. The van der Waals surface area contributed by atoms with Gasteiger partial charge in [-0.05, 0) is 51.5 Å². The molecule has 0 aliphatic carbocycles. The summed E-state index contributed by atoms with van der Waals surface area (Å²) in [5.41, 5.74) is 0. The van der Waals surface area contributed by atoms with Gasteiger partial charge in [0, 0.05) is 0 Å². The minimum Gasteiger partial charge on any atom is -0.391 e. The second-order valence-electron chi connectivity index (χ2n) is 8.72. The standard InChI is InChI=1S/C21H39FN2O6/c1-3-15-17(26)18(27)19(28)20(30-15)16(12(2)25)24-21(29)14-8-7-13(9-11-23-14)6-4-5-10-22/h12-20,23,25-28H,3-11H2,1-2H3,(H,24,29)/t12-,13+,14+,15?,16-,17+,18?,19?,20-/m1/s1. The number of hydrogen-bond acceptors (Lipinski definition) is 7. The van der Waals surface area contributed by atoms with Gasteiger partial charge in [-0.1, -0.05) is 19.8 Å². The highest BCUT2D eigenvalue weighted by atomic mass is 19.1. The van der Waals surface area contributed by atoms with Crippen molar-refractivity contribution in [3.63, 3.8) is 0 Å². The summed E-state index contributed by atoms with van der Waals surface area (Å²) in [7, 11) is 0. The summed E-state index contributed by atoms with van der Waals surface area (Å²) in [5, 5.41) is 46.9. The molecule has 176 valence electrons. The van der Waals surface area contributed by atoms with E-state index in [-0.39, 0.29) is 12.6 Å². The fourth-order valence-corrected chi connectivity index (χ4v) is 4.51. The second kappa shape index (κ2) is 12.3. The Labute approximate surface area is 178 Å². The van der Waals surface area contributed by atoms with E-state index in [1.54, 1.807) is 6.92 Å². The maximum absolute atomic E-state index is 12.9. The molecule has 0 saturated carbocycles. The van der Waals surface area contributed by atoms with E-state index >= 15 is 0 Å². The SMILES string of the molecule is CCC1O[C@H]([C@H](NC(=O)[C@@H]2CC[C@H](CCCCF)CCN2)[C@@H](C)O)C(O)C(O)[C@H]1O. The maximum Gasteiger partial charge on any atom is 0.237 e. The van der Waals surface area contributed by atoms with Crippen molar-refractivity contribution in [1.29, 1.82) is 0 Å². The number of nitrogens with one attached hydrogen (secondary N) is 2. The third kappa shape index (κ3) is 6.58. The summed E-state index contributed by atoms with van der Waals surface area (Å²) >= 11 is 0. The molecule has 0 spiro atoms. The lowest BCUT2D eigenvalue weighted by atomic mass is 9.88.